The van der Waals surface area contributed by atoms with Gasteiger partial charge in [-0.1, -0.05) is 12.1 Å². The lowest BCUT2D eigenvalue weighted by molar-refractivity contribution is -0.113. The van der Waals surface area contributed by atoms with Gasteiger partial charge in [0, 0.05) is 14.9 Å². The molecule has 0 amide bonds. The van der Waals surface area contributed by atoms with E-state index < -0.39 is 6.10 Å². The van der Waals surface area contributed by atoms with E-state index >= 15 is 0 Å². The van der Waals surface area contributed by atoms with Gasteiger partial charge in [-0.25, -0.2) is 4.99 Å². The van der Waals surface area contributed by atoms with E-state index in [0.717, 1.165) is 26.7 Å². The average molecular weight is 375 g/mol. The van der Waals surface area contributed by atoms with Crippen molar-refractivity contribution in [1.82, 2.24) is 0 Å². The Morgan fingerprint density at radius 1 is 1.61 bits per heavy atom. The number of carbonyl (C=O) groups is 1. The minimum atomic E-state index is -0.505. The molecule has 0 aliphatic carbocycles. The number of rotatable bonds is 4. The second-order valence-electron chi connectivity index (χ2n) is 4.12. The van der Waals surface area contributed by atoms with Gasteiger partial charge in [-0.3, -0.25) is 4.79 Å². The highest BCUT2D eigenvalue weighted by Crippen LogP contribution is 2.33. The fourth-order valence-corrected chi connectivity index (χ4v) is 3.23. The first-order chi connectivity index (χ1) is 8.67. The topological polar surface area (TPSA) is 38.7 Å². The number of benzene rings is 1. The Kier molecular flexibility index (Phi) is 4.66. The van der Waals surface area contributed by atoms with E-state index in [9.17, 15) is 4.79 Å². The summed E-state index contributed by atoms with van der Waals surface area (Å²) in [4.78, 5) is 15.6. The zero-order valence-corrected chi connectivity index (χ0v) is 13.2. The fraction of sp³-hybridized carbons (Fsp3) is 0.385. The molecule has 96 valence electrons. The maximum Gasteiger partial charge on any atom is 0.218 e. The Balaban J connectivity index is 2.40. The molecule has 2 atom stereocenters. The van der Waals surface area contributed by atoms with Crippen molar-refractivity contribution >= 4 is 46.5 Å². The van der Waals surface area contributed by atoms with Crippen molar-refractivity contribution in [3.8, 4) is 0 Å². The van der Waals surface area contributed by atoms with E-state index in [-0.39, 0.29) is 6.04 Å². The van der Waals surface area contributed by atoms with Crippen LogP contribution in [0.2, 0.25) is 0 Å². The van der Waals surface area contributed by atoms with Crippen molar-refractivity contribution in [1.29, 1.82) is 0 Å². The van der Waals surface area contributed by atoms with Crippen LogP contribution in [0.25, 0.3) is 0 Å². The van der Waals surface area contributed by atoms with Crippen molar-refractivity contribution in [3.05, 3.63) is 32.9 Å². The van der Waals surface area contributed by atoms with Crippen LogP contribution in [0.4, 0.5) is 0 Å². The van der Waals surface area contributed by atoms with Crippen LogP contribution in [0.15, 0.2) is 23.2 Å². The number of carbonyl (C=O) groups excluding carboxylic acids is 1. The lowest BCUT2D eigenvalue weighted by atomic mass is 10.1. The third-order valence-electron chi connectivity index (χ3n) is 2.67. The maximum absolute atomic E-state index is 11.1. The SMILES string of the molecule is CSCC(C)N=C1OC(C=O)c2cccc(I)c21. The van der Waals surface area contributed by atoms with Gasteiger partial charge in [0.15, 0.2) is 12.4 Å². The van der Waals surface area contributed by atoms with Crippen molar-refractivity contribution in [3.63, 3.8) is 0 Å². The van der Waals surface area contributed by atoms with E-state index in [2.05, 4.69) is 40.8 Å². The summed E-state index contributed by atoms with van der Waals surface area (Å²) in [6, 6.07) is 6.06. The molecule has 2 rings (SSSR count). The number of aldehydes is 1. The van der Waals surface area contributed by atoms with E-state index in [1.54, 1.807) is 11.8 Å². The van der Waals surface area contributed by atoms with Crippen LogP contribution in [0, 0.1) is 3.57 Å². The van der Waals surface area contributed by atoms with E-state index in [0.29, 0.717) is 5.90 Å². The second-order valence-corrected chi connectivity index (χ2v) is 6.19. The predicted octanol–water partition coefficient (Wildman–Crippen LogP) is 3.06. The lowest BCUT2D eigenvalue weighted by Gasteiger charge is -2.07. The molecule has 5 heteroatoms. The molecule has 1 heterocycles. The first-order valence-corrected chi connectivity index (χ1v) is 8.12. The van der Waals surface area contributed by atoms with Crippen LogP contribution >= 0.6 is 34.4 Å². The highest BCUT2D eigenvalue weighted by molar-refractivity contribution is 14.1. The van der Waals surface area contributed by atoms with E-state index in [4.69, 9.17) is 4.74 Å². The zero-order valence-electron chi connectivity index (χ0n) is 10.2. The second kappa shape index (κ2) is 6.06. The van der Waals surface area contributed by atoms with Gasteiger partial charge >= 0.3 is 0 Å². The highest BCUT2D eigenvalue weighted by atomic mass is 127. The molecule has 0 saturated carbocycles. The van der Waals surface area contributed by atoms with E-state index in [1.165, 1.54) is 0 Å². The molecule has 1 aromatic rings. The minimum Gasteiger partial charge on any atom is -0.461 e. The maximum atomic E-state index is 11.1. The zero-order chi connectivity index (χ0) is 13.1. The van der Waals surface area contributed by atoms with Gasteiger partial charge in [0.2, 0.25) is 5.90 Å². The van der Waals surface area contributed by atoms with E-state index in [1.807, 2.05) is 18.2 Å². The summed E-state index contributed by atoms with van der Waals surface area (Å²) in [5.74, 6) is 1.55. The van der Waals surface area contributed by atoms with Crippen LogP contribution in [0.5, 0.6) is 0 Å². The molecular weight excluding hydrogens is 361 g/mol. The molecule has 2 unspecified atom stereocenters. The fourth-order valence-electron chi connectivity index (χ4n) is 1.92. The Morgan fingerprint density at radius 2 is 2.39 bits per heavy atom. The van der Waals surface area contributed by atoms with Gasteiger partial charge in [-0.05, 0) is 41.8 Å². The molecule has 0 aromatic heterocycles. The molecule has 3 nitrogen and oxygen atoms in total. The molecule has 0 saturated heterocycles. The largest absolute Gasteiger partial charge is 0.461 e. The summed E-state index contributed by atoms with van der Waals surface area (Å²) < 4.78 is 6.72. The van der Waals surface area contributed by atoms with Crippen molar-refractivity contribution in [2.24, 2.45) is 4.99 Å². The van der Waals surface area contributed by atoms with Gasteiger partial charge in [0.25, 0.3) is 0 Å². The van der Waals surface area contributed by atoms with Crippen LogP contribution in [0.3, 0.4) is 0 Å². The van der Waals surface area contributed by atoms with Gasteiger partial charge in [-0.2, -0.15) is 11.8 Å². The molecule has 0 radical (unpaired) electrons. The summed E-state index contributed by atoms with van der Waals surface area (Å²) in [6.45, 7) is 2.05. The smallest absolute Gasteiger partial charge is 0.218 e. The monoisotopic (exact) mass is 375 g/mol. The summed E-state index contributed by atoms with van der Waals surface area (Å²) in [5.41, 5.74) is 1.90. The van der Waals surface area contributed by atoms with Crippen molar-refractivity contribution < 1.29 is 9.53 Å². The van der Waals surface area contributed by atoms with Gasteiger partial charge in [0.1, 0.15) is 0 Å². The third kappa shape index (κ3) is 2.71. The number of thioether (sulfide) groups is 1. The van der Waals surface area contributed by atoms with Crippen LogP contribution < -0.4 is 0 Å². The average Bonchev–Trinajstić information content (AvgIpc) is 2.69. The number of halogens is 1. The predicted molar refractivity (Wildman–Crippen MR) is 83.4 cm³/mol. The quantitative estimate of drug-likeness (QED) is 0.600. The number of ether oxygens (including phenoxy) is 1. The molecule has 0 spiro atoms. The van der Waals surface area contributed by atoms with Crippen LogP contribution in [-0.4, -0.2) is 30.2 Å². The Hall–Kier alpha value is -0.560. The summed E-state index contributed by atoms with van der Waals surface area (Å²) >= 11 is 4.00. The third-order valence-corrected chi connectivity index (χ3v) is 4.39. The Bertz CT molecular complexity index is 490. The number of aliphatic imine (C=N–C) groups is 1. The minimum absolute atomic E-state index is 0.184. The molecule has 0 bridgehead atoms. The number of nitrogens with zero attached hydrogens (tertiary/aromatic N) is 1. The Morgan fingerprint density at radius 3 is 3.06 bits per heavy atom. The van der Waals surface area contributed by atoms with Crippen molar-refractivity contribution in [2.45, 2.75) is 19.1 Å². The van der Waals surface area contributed by atoms with Crippen LogP contribution in [0.1, 0.15) is 24.2 Å². The molecule has 0 N–H and O–H groups in total. The highest BCUT2D eigenvalue weighted by Gasteiger charge is 2.31. The standard InChI is InChI=1S/C13H14INO2S/c1-8(7-18-2)15-13-12-9(11(6-16)17-13)4-3-5-10(12)14/h3-6,8,11H,7H2,1-2H3. The number of hydrogen-bond acceptors (Lipinski definition) is 4. The molecule has 0 fully saturated rings. The first-order valence-electron chi connectivity index (χ1n) is 5.64. The number of hydrogen-bond donors (Lipinski definition) is 0. The van der Waals surface area contributed by atoms with Crippen molar-refractivity contribution in [2.75, 3.05) is 12.0 Å². The lowest BCUT2D eigenvalue weighted by Crippen LogP contribution is -2.09. The summed E-state index contributed by atoms with van der Waals surface area (Å²) in [7, 11) is 0. The Labute approximate surface area is 125 Å². The van der Waals surface area contributed by atoms with Gasteiger partial charge in [0.05, 0.1) is 11.6 Å². The summed E-state index contributed by atoms with van der Waals surface area (Å²) in [5, 5.41) is 0. The molecule has 1 aromatic carbocycles. The van der Waals surface area contributed by atoms with Crippen LogP contribution in [-0.2, 0) is 9.53 Å². The first kappa shape index (κ1) is 13.9. The summed E-state index contributed by atoms with van der Waals surface area (Å²) in [6.07, 6.45) is 2.38. The molecule has 1 aliphatic heterocycles. The van der Waals surface area contributed by atoms with Gasteiger partial charge < -0.3 is 4.74 Å². The molecule has 18 heavy (non-hydrogen) atoms. The molecular formula is C13H14INO2S. The molecule has 1 aliphatic rings. The van der Waals surface area contributed by atoms with Gasteiger partial charge in [-0.15, -0.1) is 0 Å². The normalized spacial score (nSPS) is 21.5. The number of fused-ring (bicyclic) bond motifs is 1.